The highest BCUT2D eigenvalue weighted by Crippen LogP contribution is 2.24. The van der Waals surface area contributed by atoms with E-state index in [0.29, 0.717) is 12.4 Å². The lowest BCUT2D eigenvalue weighted by molar-refractivity contribution is -0.0424. The monoisotopic (exact) mass is 259 g/mol. The SMILES string of the molecule is Nc1ncc(C2CN(Cc3ccccc3)CCO2)o1. The van der Waals surface area contributed by atoms with Crippen molar-refractivity contribution in [3.63, 3.8) is 0 Å². The van der Waals surface area contributed by atoms with Crippen molar-refractivity contribution in [3.8, 4) is 0 Å². The maximum absolute atomic E-state index is 5.71. The predicted octanol–water partition coefficient (Wildman–Crippen LogP) is 1.83. The van der Waals surface area contributed by atoms with Crippen LogP contribution in [0.3, 0.4) is 0 Å². The summed E-state index contributed by atoms with van der Waals surface area (Å²) in [5.74, 6) is 0.704. The van der Waals surface area contributed by atoms with Gasteiger partial charge in [-0.2, -0.15) is 0 Å². The van der Waals surface area contributed by atoms with Crippen LogP contribution in [0.2, 0.25) is 0 Å². The first-order valence-corrected chi connectivity index (χ1v) is 6.40. The second-order valence-corrected chi connectivity index (χ2v) is 4.68. The van der Waals surface area contributed by atoms with Crippen LogP contribution in [0, 0.1) is 0 Å². The van der Waals surface area contributed by atoms with Gasteiger partial charge in [-0.25, -0.2) is 4.98 Å². The fourth-order valence-electron chi connectivity index (χ4n) is 2.31. The number of anilines is 1. The van der Waals surface area contributed by atoms with Crippen molar-refractivity contribution < 1.29 is 9.15 Å². The average Bonchev–Trinajstić information content (AvgIpc) is 2.87. The third-order valence-electron chi connectivity index (χ3n) is 3.26. The van der Waals surface area contributed by atoms with Gasteiger partial charge in [0.15, 0.2) is 5.76 Å². The molecule has 1 aliphatic heterocycles. The van der Waals surface area contributed by atoms with Crippen LogP contribution in [0.5, 0.6) is 0 Å². The van der Waals surface area contributed by atoms with Crippen molar-refractivity contribution >= 4 is 6.01 Å². The standard InChI is InChI=1S/C14H17N3O2/c15-14-16-8-12(19-14)13-10-17(6-7-18-13)9-11-4-2-1-3-5-11/h1-5,8,13H,6-7,9-10H2,(H2,15,16). The fourth-order valence-corrected chi connectivity index (χ4v) is 2.31. The number of ether oxygens (including phenoxy) is 1. The van der Waals surface area contributed by atoms with Crippen LogP contribution in [0.25, 0.3) is 0 Å². The summed E-state index contributed by atoms with van der Waals surface area (Å²) in [7, 11) is 0. The number of rotatable bonds is 3. The molecule has 1 aromatic carbocycles. The molecule has 5 heteroatoms. The van der Waals surface area contributed by atoms with Gasteiger partial charge in [-0.15, -0.1) is 0 Å². The molecular weight excluding hydrogens is 242 g/mol. The molecule has 1 atom stereocenters. The van der Waals surface area contributed by atoms with E-state index < -0.39 is 0 Å². The van der Waals surface area contributed by atoms with Crippen LogP contribution in [-0.4, -0.2) is 29.6 Å². The fraction of sp³-hybridized carbons (Fsp3) is 0.357. The molecule has 0 aliphatic carbocycles. The molecule has 3 rings (SSSR count). The maximum Gasteiger partial charge on any atom is 0.292 e. The first kappa shape index (κ1) is 12.2. The summed E-state index contributed by atoms with van der Waals surface area (Å²) in [6, 6.07) is 10.6. The third-order valence-corrected chi connectivity index (χ3v) is 3.26. The highest BCUT2D eigenvalue weighted by Gasteiger charge is 2.24. The Labute approximate surface area is 112 Å². The quantitative estimate of drug-likeness (QED) is 0.911. The number of aromatic nitrogens is 1. The van der Waals surface area contributed by atoms with Crippen LogP contribution < -0.4 is 5.73 Å². The second-order valence-electron chi connectivity index (χ2n) is 4.68. The van der Waals surface area contributed by atoms with Crippen molar-refractivity contribution in [2.45, 2.75) is 12.6 Å². The molecule has 0 bridgehead atoms. The minimum Gasteiger partial charge on any atom is -0.426 e. The molecule has 100 valence electrons. The van der Waals surface area contributed by atoms with Gasteiger partial charge in [-0.1, -0.05) is 30.3 Å². The van der Waals surface area contributed by atoms with Gasteiger partial charge in [-0.05, 0) is 5.56 Å². The highest BCUT2D eigenvalue weighted by molar-refractivity contribution is 5.15. The number of hydrogen-bond donors (Lipinski definition) is 1. The van der Waals surface area contributed by atoms with Gasteiger partial charge in [0.2, 0.25) is 0 Å². The molecule has 0 saturated carbocycles. The Kier molecular flexibility index (Phi) is 3.48. The molecule has 2 aromatic rings. The number of oxazole rings is 1. The smallest absolute Gasteiger partial charge is 0.292 e. The Hall–Kier alpha value is -1.85. The van der Waals surface area contributed by atoms with Crippen LogP contribution in [-0.2, 0) is 11.3 Å². The van der Waals surface area contributed by atoms with E-state index in [1.807, 2.05) is 6.07 Å². The van der Waals surface area contributed by atoms with Gasteiger partial charge in [0.1, 0.15) is 6.10 Å². The van der Waals surface area contributed by atoms with E-state index in [9.17, 15) is 0 Å². The van der Waals surface area contributed by atoms with Crippen molar-refractivity contribution in [3.05, 3.63) is 47.9 Å². The maximum atomic E-state index is 5.71. The molecule has 2 N–H and O–H groups in total. The number of hydrogen-bond acceptors (Lipinski definition) is 5. The Morgan fingerprint density at radius 1 is 1.32 bits per heavy atom. The minimum atomic E-state index is -0.0812. The number of morpholine rings is 1. The van der Waals surface area contributed by atoms with E-state index in [-0.39, 0.29) is 12.1 Å². The molecule has 2 heterocycles. The number of nitrogen functional groups attached to an aromatic ring is 1. The molecule has 0 amide bonds. The average molecular weight is 259 g/mol. The lowest BCUT2D eigenvalue weighted by atomic mass is 10.2. The molecular formula is C14H17N3O2. The van der Waals surface area contributed by atoms with E-state index in [1.54, 1.807) is 6.20 Å². The zero-order valence-corrected chi connectivity index (χ0v) is 10.7. The number of nitrogens with zero attached hydrogens (tertiary/aromatic N) is 2. The van der Waals surface area contributed by atoms with E-state index >= 15 is 0 Å². The summed E-state index contributed by atoms with van der Waals surface area (Å²) in [4.78, 5) is 6.26. The summed E-state index contributed by atoms with van der Waals surface area (Å²) in [6.45, 7) is 3.33. The van der Waals surface area contributed by atoms with Gasteiger partial charge >= 0.3 is 0 Å². The molecule has 5 nitrogen and oxygen atoms in total. The topological polar surface area (TPSA) is 64.5 Å². The Bertz CT molecular complexity index is 526. The summed E-state index contributed by atoms with van der Waals surface area (Å²) < 4.78 is 11.1. The van der Waals surface area contributed by atoms with Crippen LogP contribution >= 0.6 is 0 Å². The molecule has 1 aromatic heterocycles. The highest BCUT2D eigenvalue weighted by atomic mass is 16.5. The molecule has 1 aliphatic rings. The van der Waals surface area contributed by atoms with Crippen LogP contribution in [0.1, 0.15) is 17.4 Å². The summed E-state index contributed by atoms with van der Waals surface area (Å²) in [5, 5.41) is 0. The third kappa shape index (κ3) is 2.94. The molecule has 1 fully saturated rings. The zero-order chi connectivity index (χ0) is 13.1. The van der Waals surface area contributed by atoms with Crippen molar-refractivity contribution in [1.82, 2.24) is 9.88 Å². The first-order valence-electron chi connectivity index (χ1n) is 6.40. The molecule has 19 heavy (non-hydrogen) atoms. The summed E-state index contributed by atoms with van der Waals surface area (Å²) >= 11 is 0. The number of benzene rings is 1. The van der Waals surface area contributed by atoms with E-state index in [0.717, 1.165) is 19.6 Å². The molecule has 0 spiro atoms. The Morgan fingerprint density at radius 3 is 2.89 bits per heavy atom. The van der Waals surface area contributed by atoms with E-state index in [2.05, 4.69) is 34.1 Å². The van der Waals surface area contributed by atoms with E-state index in [1.165, 1.54) is 5.56 Å². The number of nitrogens with two attached hydrogens (primary N) is 1. The minimum absolute atomic E-state index is 0.0812. The predicted molar refractivity (Wildman–Crippen MR) is 71.3 cm³/mol. The Balaban J connectivity index is 1.65. The van der Waals surface area contributed by atoms with Gasteiger partial charge in [0, 0.05) is 19.6 Å². The van der Waals surface area contributed by atoms with Crippen LogP contribution in [0.4, 0.5) is 6.01 Å². The van der Waals surface area contributed by atoms with Crippen molar-refractivity contribution in [2.75, 3.05) is 25.4 Å². The molecule has 1 unspecified atom stereocenters. The van der Waals surface area contributed by atoms with Crippen LogP contribution in [0.15, 0.2) is 40.9 Å². The van der Waals surface area contributed by atoms with Gasteiger partial charge < -0.3 is 14.9 Å². The van der Waals surface area contributed by atoms with Gasteiger partial charge in [-0.3, -0.25) is 4.90 Å². The van der Waals surface area contributed by atoms with Crippen molar-refractivity contribution in [2.24, 2.45) is 0 Å². The lowest BCUT2D eigenvalue weighted by Crippen LogP contribution is -2.37. The molecule has 0 radical (unpaired) electrons. The van der Waals surface area contributed by atoms with Gasteiger partial charge in [0.25, 0.3) is 6.01 Å². The normalized spacial score (nSPS) is 20.5. The summed E-state index contributed by atoms with van der Waals surface area (Å²) in [5.41, 5.74) is 6.80. The van der Waals surface area contributed by atoms with Crippen molar-refractivity contribution in [1.29, 1.82) is 0 Å². The van der Waals surface area contributed by atoms with Gasteiger partial charge in [0.05, 0.1) is 12.8 Å². The first-order chi connectivity index (χ1) is 9.31. The lowest BCUT2D eigenvalue weighted by Gasteiger charge is -2.31. The second kappa shape index (κ2) is 5.42. The summed E-state index contributed by atoms with van der Waals surface area (Å²) in [6.07, 6.45) is 1.56. The largest absolute Gasteiger partial charge is 0.426 e. The van der Waals surface area contributed by atoms with E-state index in [4.69, 9.17) is 14.9 Å². The zero-order valence-electron chi connectivity index (χ0n) is 10.7. The Morgan fingerprint density at radius 2 is 2.16 bits per heavy atom. The molecule has 1 saturated heterocycles.